The van der Waals surface area contributed by atoms with Gasteiger partial charge in [-0.25, -0.2) is 0 Å². The zero-order chi connectivity index (χ0) is 19.6. The molecule has 0 radical (unpaired) electrons. The van der Waals surface area contributed by atoms with Crippen molar-refractivity contribution in [2.45, 2.75) is 26.2 Å². The van der Waals surface area contributed by atoms with Gasteiger partial charge in [0.2, 0.25) is 0 Å². The Balaban J connectivity index is 1.91. The molecule has 2 aromatic rings. The average molecular weight is 368 g/mol. The van der Waals surface area contributed by atoms with Gasteiger partial charge in [0, 0.05) is 17.8 Å². The lowest BCUT2D eigenvalue weighted by atomic mass is 9.97. The van der Waals surface area contributed by atoms with E-state index in [9.17, 15) is 14.4 Å². The molecule has 142 valence electrons. The van der Waals surface area contributed by atoms with Gasteiger partial charge in [0.15, 0.2) is 6.61 Å². The molecule has 2 aromatic carbocycles. The van der Waals surface area contributed by atoms with Crippen LogP contribution in [0.15, 0.2) is 54.6 Å². The van der Waals surface area contributed by atoms with Crippen LogP contribution >= 0.6 is 0 Å². The van der Waals surface area contributed by atoms with Crippen LogP contribution in [0.3, 0.4) is 0 Å². The monoisotopic (exact) mass is 368 g/mol. The molecule has 2 N–H and O–H groups in total. The molecule has 0 saturated carbocycles. The quantitative estimate of drug-likeness (QED) is 0.701. The number of benzene rings is 2. The molecule has 0 bridgehead atoms. The Morgan fingerprint density at radius 3 is 2.41 bits per heavy atom. The number of nitrogens with one attached hydrogen (secondary N) is 2. The fourth-order valence-corrected chi connectivity index (χ4v) is 2.66. The molecule has 6 heteroatoms. The molecule has 2 rings (SSSR count). The van der Waals surface area contributed by atoms with E-state index in [1.807, 2.05) is 44.2 Å². The third-order valence-electron chi connectivity index (χ3n) is 3.99. The Bertz CT molecular complexity index is 790. The second-order valence-electron chi connectivity index (χ2n) is 5.97. The Kier molecular flexibility index (Phi) is 7.55. The van der Waals surface area contributed by atoms with Crippen molar-refractivity contribution in [3.8, 4) is 0 Å². The first kappa shape index (κ1) is 20.2. The molecule has 0 unspecified atom stereocenters. The average Bonchev–Trinajstić information content (AvgIpc) is 2.68. The Morgan fingerprint density at radius 2 is 1.74 bits per heavy atom. The number of esters is 1. The summed E-state index contributed by atoms with van der Waals surface area (Å²) in [5, 5.41) is 5.33. The number of hydrogen-bond donors (Lipinski definition) is 2. The molecule has 0 aliphatic rings. The number of carbonyl (C=O) groups is 3. The number of ether oxygens (including phenoxy) is 1. The third kappa shape index (κ3) is 5.95. The van der Waals surface area contributed by atoms with Gasteiger partial charge in [0.05, 0.1) is 5.92 Å². The predicted molar refractivity (Wildman–Crippen MR) is 104 cm³/mol. The van der Waals surface area contributed by atoms with E-state index in [1.165, 1.54) is 0 Å². The third-order valence-corrected chi connectivity index (χ3v) is 3.99. The maximum atomic E-state index is 12.3. The lowest BCUT2D eigenvalue weighted by Crippen LogP contribution is -2.25. The zero-order valence-electron chi connectivity index (χ0n) is 15.5. The second-order valence-corrected chi connectivity index (χ2v) is 5.97. The van der Waals surface area contributed by atoms with E-state index in [0.717, 1.165) is 5.56 Å². The molecule has 1 atom stereocenters. The highest BCUT2D eigenvalue weighted by Crippen LogP contribution is 2.20. The van der Waals surface area contributed by atoms with Crippen LogP contribution in [-0.2, 0) is 14.3 Å². The highest BCUT2D eigenvalue weighted by atomic mass is 16.5. The van der Waals surface area contributed by atoms with Crippen LogP contribution in [0.5, 0.6) is 0 Å². The largest absolute Gasteiger partial charge is 0.455 e. The molecule has 27 heavy (non-hydrogen) atoms. The van der Waals surface area contributed by atoms with E-state index >= 15 is 0 Å². The standard InChI is InChI=1S/C21H24N2O4/c1-3-18(15-9-6-5-7-10-15)21(26)27-14-19(24)23-17-12-8-11-16(13-17)20(25)22-4-2/h5-13,18H,3-4,14H2,1-2H3,(H,22,25)(H,23,24)/t18-/m0/s1. The molecular weight excluding hydrogens is 344 g/mol. The van der Waals surface area contributed by atoms with Crippen LogP contribution in [-0.4, -0.2) is 30.9 Å². The minimum atomic E-state index is -0.459. The molecule has 0 saturated heterocycles. The van der Waals surface area contributed by atoms with Gasteiger partial charge < -0.3 is 15.4 Å². The Hall–Kier alpha value is -3.15. The van der Waals surface area contributed by atoms with Crippen molar-refractivity contribution in [3.05, 3.63) is 65.7 Å². The minimum Gasteiger partial charge on any atom is -0.455 e. The number of carbonyl (C=O) groups excluding carboxylic acids is 3. The summed E-state index contributed by atoms with van der Waals surface area (Å²) in [6, 6.07) is 15.9. The Labute approximate surface area is 158 Å². The van der Waals surface area contributed by atoms with E-state index in [4.69, 9.17) is 4.74 Å². The van der Waals surface area contributed by atoms with Crippen LogP contribution in [0.4, 0.5) is 5.69 Å². The van der Waals surface area contributed by atoms with Gasteiger partial charge in [-0.3, -0.25) is 14.4 Å². The van der Waals surface area contributed by atoms with Crippen molar-refractivity contribution in [2.24, 2.45) is 0 Å². The maximum absolute atomic E-state index is 12.3. The summed E-state index contributed by atoms with van der Waals surface area (Å²) in [7, 11) is 0. The van der Waals surface area contributed by atoms with Crippen LogP contribution in [0.25, 0.3) is 0 Å². The molecule has 0 fully saturated rings. The second kappa shape index (κ2) is 10.1. The number of anilines is 1. The van der Waals surface area contributed by atoms with Crippen molar-refractivity contribution >= 4 is 23.5 Å². The van der Waals surface area contributed by atoms with Gasteiger partial charge in [-0.05, 0) is 37.1 Å². The van der Waals surface area contributed by atoms with E-state index in [0.29, 0.717) is 24.2 Å². The highest BCUT2D eigenvalue weighted by molar-refractivity contribution is 5.97. The van der Waals surface area contributed by atoms with Crippen molar-refractivity contribution in [1.29, 1.82) is 0 Å². The fraction of sp³-hybridized carbons (Fsp3) is 0.286. The lowest BCUT2D eigenvalue weighted by molar-refractivity contribution is -0.149. The summed E-state index contributed by atoms with van der Waals surface area (Å²) < 4.78 is 5.17. The number of rotatable bonds is 8. The number of amides is 2. The van der Waals surface area contributed by atoms with Crippen LogP contribution in [0, 0.1) is 0 Å². The van der Waals surface area contributed by atoms with Crippen LogP contribution in [0.1, 0.15) is 42.1 Å². The summed E-state index contributed by atoms with van der Waals surface area (Å²) in [4.78, 5) is 36.2. The first-order chi connectivity index (χ1) is 13.0. The molecule has 0 aliphatic heterocycles. The van der Waals surface area contributed by atoms with Gasteiger partial charge in [-0.2, -0.15) is 0 Å². The molecule has 0 aromatic heterocycles. The molecular formula is C21H24N2O4. The predicted octanol–water partition coefficient (Wildman–Crippen LogP) is 3.11. The van der Waals surface area contributed by atoms with Crippen LogP contribution in [0.2, 0.25) is 0 Å². The SMILES string of the molecule is CCNC(=O)c1cccc(NC(=O)COC(=O)[C@@H](CC)c2ccccc2)c1. The molecule has 6 nitrogen and oxygen atoms in total. The first-order valence-electron chi connectivity index (χ1n) is 8.94. The minimum absolute atomic E-state index is 0.214. The topological polar surface area (TPSA) is 84.5 Å². The van der Waals surface area contributed by atoms with Gasteiger partial charge in [-0.15, -0.1) is 0 Å². The maximum Gasteiger partial charge on any atom is 0.313 e. The highest BCUT2D eigenvalue weighted by Gasteiger charge is 2.21. The van der Waals surface area contributed by atoms with E-state index in [1.54, 1.807) is 24.3 Å². The van der Waals surface area contributed by atoms with Crippen LogP contribution < -0.4 is 10.6 Å². The molecule has 2 amide bonds. The molecule has 0 heterocycles. The smallest absolute Gasteiger partial charge is 0.313 e. The van der Waals surface area contributed by atoms with E-state index < -0.39 is 17.8 Å². The van der Waals surface area contributed by atoms with E-state index in [-0.39, 0.29) is 12.5 Å². The van der Waals surface area contributed by atoms with Gasteiger partial charge in [-0.1, -0.05) is 43.3 Å². The van der Waals surface area contributed by atoms with Crippen molar-refractivity contribution < 1.29 is 19.1 Å². The first-order valence-corrected chi connectivity index (χ1v) is 8.94. The summed E-state index contributed by atoms with van der Waals surface area (Å²) in [5.41, 5.74) is 1.77. The number of hydrogen-bond acceptors (Lipinski definition) is 4. The summed E-state index contributed by atoms with van der Waals surface area (Å²) >= 11 is 0. The van der Waals surface area contributed by atoms with Crippen molar-refractivity contribution in [2.75, 3.05) is 18.5 Å². The van der Waals surface area contributed by atoms with Crippen molar-refractivity contribution in [3.63, 3.8) is 0 Å². The summed E-state index contributed by atoms with van der Waals surface area (Å²) in [6.07, 6.45) is 0.582. The van der Waals surface area contributed by atoms with Gasteiger partial charge >= 0.3 is 5.97 Å². The summed E-state index contributed by atoms with van der Waals surface area (Å²) in [5.74, 6) is -1.51. The normalized spacial score (nSPS) is 11.3. The molecule has 0 spiro atoms. The van der Waals surface area contributed by atoms with Gasteiger partial charge in [0.25, 0.3) is 11.8 Å². The Morgan fingerprint density at radius 1 is 1.00 bits per heavy atom. The van der Waals surface area contributed by atoms with E-state index in [2.05, 4.69) is 10.6 Å². The zero-order valence-corrected chi connectivity index (χ0v) is 15.5. The molecule has 0 aliphatic carbocycles. The van der Waals surface area contributed by atoms with Crippen molar-refractivity contribution in [1.82, 2.24) is 5.32 Å². The van der Waals surface area contributed by atoms with Gasteiger partial charge in [0.1, 0.15) is 0 Å². The summed E-state index contributed by atoms with van der Waals surface area (Å²) in [6.45, 7) is 3.86. The fourth-order valence-electron chi connectivity index (χ4n) is 2.66. The lowest BCUT2D eigenvalue weighted by Gasteiger charge is -2.14.